The van der Waals surface area contributed by atoms with Crippen molar-refractivity contribution in [1.82, 2.24) is 10.3 Å². The first-order valence-electron chi connectivity index (χ1n) is 7.88. The van der Waals surface area contributed by atoms with Crippen molar-refractivity contribution in [3.63, 3.8) is 0 Å². The molecule has 0 bridgehead atoms. The van der Waals surface area contributed by atoms with Gasteiger partial charge >= 0.3 is 0 Å². The predicted octanol–water partition coefficient (Wildman–Crippen LogP) is 3.41. The summed E-state index contributed by atoms with van der Waals surface area (Å²) in [4.78, 5) is 15.9. The topological polar surface area (TPSA) is 55.1 Å². The molecule has 112 valence electrons. The van der Waals surface area contributed by atoms with Crippen molar-refractivity contribution in [3.05, 3.63) is 29.7 Å². The minimum absolute atomic E-state index is 0.128. The van der Waals surface area contributed by atoms with Crippen LogP contribution in [0.15, 0.2) is 22.6 Å². The molecule has 0 aliphatic heterocycles. The van der Waals surface area contributed by atoms with Gasteiger partial charge in [-0.25, -0.2) is 4.98 Å². The fraction of sp³-hybridized carbons (Fsp3) is 0.529. The Morgan fingerprint density at radius 2 is 2.29 bits per heavy atom. The maximum atomic E-state index is 11.3. The van der Waals surface area contributed by atoms with Crippen LogP contribution in [-0.2, 0) is 11.2 Å². The van der Waals surface area contributed by atoms with Crippen molar-refractivity contribution in [1.29, 1.82) is 0 Å². The molecule has 1 N–H and O–H groups in total. The first-order chi connectivity index (χ1) is 10.2. The molecule has 0 spiro atoms. The number of aromatic nitrogens is 1. The Hall–Kier alpha value is -1.84. The smallest absolute Gasteiger partial charge is 0.219 e. The van der Waals surface area contributed by atoms with Gasteiger partial charge in [0.15, 0.2) is 11.5 Å². The molecule has 1 aliphatic carbocycles. The number of para-hydroxylation sites is 1. The summed E-state index contributed by atoms with van der Waals surface area (Å²) in [5.74, 6) is 1.99. The van der Waals surface area contributed by atoms with Crippen LogP contribution in [0, 0.1) is 5.92 Å². The summed E-state index contributed by atoms with van der Waals surface area (Å²) in [7, 11) is 0. The molecule has 1 aliphatic rings. The quantitative estimate of drug-likeness (QED) is 0.885. The lowest BCUT2D eigenvalue weighted by molar-refractivity contribution is -0.120. The molecular formula is C17H22N2O2. The monoisotopic (exact) mass is 286 g/mol. The number of carbonyl (C=O) groups is 1. The number of amides is 1. The van der Waals surface area contributed by atoms with E-state index in [2.05, 4.69) is 29.4 Å². The number of hydrogen-bond acceptors (Lipinski definition) is 3. The Morgan fingerprint density at radius 3 is 3.05 bits per heavy atom. The third-order valence-electron chi connectivity index (χ3n) is 4.16. The van der Waals surface area contributed by atoms with E-state index in [1.807, 2.05) is 13.0 Å². The Morgan fingerprint density at radius 1 is 1.43 bits per heavy atom. The van der Waals surface area contributed by atoms with Crippen molar-refractivity contribution >= 4 is 17.0 Å². The van der Waals surface area contributed by atoms with E-state index in [0.29, 0.717) is 18.3 Å². The van der Waals surface area contributed by atoms with Crippen molar-refractivity contribution in [2.45, 2.75) is 45.4 Å². The third-order valence-corrected chi connectivity index (χ3v) is 4.16. The van der Waals surface area contributed by atoms with Crippen molar-refractivity contribution in [3.8, 4) is 0 Å². The van der Waals surface area contributed by atoms with Crippen LogP contribution in [0.5, 0.6) is 0 Å². The summed E-state index contributed by atoms with van der Waals surface area (Å²) >= 11 is 0. The third kappa shape index (κ3) is 2.94. The number of oxazole rings is 1. The number of carbonyl (C=O) groups excluding carboxylic acids is 1. The van der Waals surface area contributed by atoms with Crippen LogP contribution in [0.1, 0.15) is 50.5 Å². The molecule has 2 atom stereocenters. The van der Waals surface area contributed by atoms with Crippen molar-refractivity contribution in [2.75, 3.05) is 6.54 Å². The van der Waals surface area contributed by atoms with E-state index in [1.54, 1.807) is 0 Å². The number of fused-ring (bicyclic) bond motifs is 1. The second kappa shape index (κ2) is 5.88. The first kappa shape index (κ1) is 14.1. The fourth-order valence-corrected chi connectivity index (χ4v) is 2.85. The van der Waals surface area contributed by atoms with Crippen LogP contribution < -0.4 is 5.32 Å². The van der Waals surface area contributed by atoms with Gasteiger partial charge in [-0.05, 0) is 30.7 Å². The SMILES string of the molecule is CCCc1nc2cccc([C@@H]3C[C@H]3CNC(=O)CC)c2o1. The fourth-order valence-electron chi connectivity index (χ4n) is 2.85. The van der Waals surface area contributed by atoms with Gasteiger partial charge in [-0.1, -0.05) is 26.0 Å². The Bertz CT molecular complexity index is 647. The molecule has 0 radical (unpaired) electrons. The van der Waals surface area contributed by atoms with E-state index in [-0.39, 0.29) is 5.91 Å². The van der Waals surface area contributed by atoms with E-state index in [9.17, 15) is 4.79 Å². The number of benzene rings is 1. The summed E-state index contributed by atoms with van der Waals surface area (Å²) in [6.07, 6.45) is 3.59. The molecule has 0 saturated heterocycles. The van der Waals surface area contributed by atoms with E-state index in [1.165, 1.54) is 5.56 Å². The van der Waals surface area contributed by atoms with Crippen molar-refractivity contribution < 1.29 is 9.21 Å². The summed E-state index contributed by atoms with van der Waals surface area (Å²) in [6, 6.07) is 6.20. The normalized spacial score (nSPS) is 20.7. The van der Waals surface area contributed by atoms with Crippen LogP contribution in [0.25, 0.3) is 11.1 Å². The molecule has 0 unspecified atom stereocenters. The average molecular weight is 286 g/mol. The predicted molar refractivity (Wildman–Crippen MR) is 82.2 cm³/mol. The minimum atomic E-state index is 0.128. The number of aryl methyl sites for hydroxylation is 1. The van der Waals surface area contributed by atoms with E-state index in [4.69, 9.17) is 4.42 Å². The molecule has 1 amide bonds. The Balaban J connectivity index is 1.74. The zero-order chi connectivity index (χ0) is 14.8. The lowest BCUT2D eigenvalue weighted by Crippen LogP contribution is -2.24. The van der Waals surface area contributed by atoms with Gasteiger partial charge in [-0.15, -0.1) is 0 Å². The van der Waals surface area contributed by atoms with E-state index < -0.39 is 0 Å². The standard InChI is InChI=1S/C17H22N2O2/c1-3-6-16-19-14-8-5-7-12(17(14)21-16)13-9-11(13)10-18-15(20)4-2/h5,7-8,11,13H,3-4,6,9-10H2,1-2H3,(H,18,20)/t11-,13+/m0/s1. The summed E-state index contributed by atoms with van der Waals surface area (Å²) in [5, 5.41) is 2.98. The van der Waals surface area contributed by atoms with E-state index >= 15 is 0 Å². The van der Waals surface area contributed by atoms with Crippen LogP contribution in [0.2, 0.25) is 0 Å². The molecule has 1 aromatic heterocycles. The van der Waals surface area contributed by atoms with Crippen LogP contribution in [-0.4, -0.2) is 17.4 Å². The molecule has 1 saturated carbocycles. The maximum absolute atomic E-state index is 11.3. The van der Waals surface area contributed by atoms with Gasteiger partial charge in [0, 0.05) is 24.9 Å². The molecular weight excluding hydrogens is 264 g/mol. The van der Waals surface area contributed by atoms with Crippen LogP contribution >= 0.6 is 0 Å². The molecule has 21 heavy (non-hydrogen) atoms. The van der Waals surface area contributed by atoms with Gasteiger partial charge in [0.2, 0.25) is 5.91 Å². The van der Waals surface area contributed by atoms with Crippen LogP contribution in [0.3, 0.4) is 0 Å². The molecule has 2 aromatic rings. The molecule has 3 rings (SSSR count). The zero-order valence-electron chi connectivity index (χ0n) is 12.7. The highest BCUT2D eigenvalue weighted by Gasteiger charge is 2.40. The number of hydrogen-bond donors (Lipinski definition) is 1. The number of nitrogens with one attached hydrogen (secondary N) is 1. The number of nitrogens with zero attached hydrogens (tertiary/aromatic N) is 1. The second-order valence-corrected chi connectivity index (χ2v) is 5.81. The zero-order valence-corrected chi connectivity index (χ0v) is 12.7. The molecule has 4 nitrogen and oxygen atoms in total. The molecule has 4 heteroatoms. The van der Waals surface area contributed by atoms with Crippen molar-refractivity contribution in [2.24, 2.45) is 5.92 Å². The molecule has 1 aromatic carbocycles. The average Bonchev–Trinajstić information content (AvgIpc) is 3.14. The lowest BCUT2D eigenvalue weighted by atomic mass is 10.1. The van der Waals surface area contributed by atoms with Gasteiger partial charge in [0.25, 0.3) is 0 Å². The summed E-state index contributed by atoms with van der Waals surface area (Å²) in [5.41, 5.74) is 3.15. The van der Waals surface area contributed by atoms with E-state index in [0.717, 1.165) is 42.8 Å². The largest absolute Gasteiger partial charge is 0.440 e. The number of rotatable bonds is 6. The van der Waals surface area contributed by atoms with Gasteiger partial charge in [0.05, 0.1) is 0 Å². The highest BCUT2D eigenvalue weighted by Crippen LogP contribution is 2.49. The summed E-state index contributed by atoms with van der Waals surface area (Å²) in [6.45, 7) is 4.77. The van der Waals surface area contributed by atoms with Gasteiger partial charge < -0.3 is 9.73 Å². The molecule has 1 fully saturated rings. The first-order valence-corrected chi connectivity index (χ1v) is 7.88. The van der Waals surface area contributed by atoms with Crippen LogP contribution in [0.4, 0.5) is 0 Å². The Labute approximate surface area is 124 Å². The second-order valence-electron chi connectivity index (χ2n) is 5.81. The molecule has 1 heterocycles. The lowest BCUT2D eigenvalue weighted by Gasteiger charge is -2.03. The summed E-state index contributed by atoms with van der Waals surface area (Å²) < 4.78 is 5.94. The highest BCUT2D eigenvalue weighted by atomic mass is 16.3. The minimum Gasteiger partial charge on any atom is -0.440 e. The van der Waals surface area contributed by atoms with Gasteiger partial charge in [0.1, 0.15) is 5.52 Å². The van der Waals surface area contributed by atoms with Gasteiger partial charge in [-0.2, -0.15) is 0 Å². The maximum Gasteiger partial charge on any atom is 0.219 e. The Kier molecular flexibility index (Phi) is 3.95. The highest BCUT2D eigenvalue weighted by molar-refractivity contribution is 5.78. The van der Waals surface area contributed by atoms with Gasteiger partial charge in [-0.3, -0.25) is 4.79 Å².